The van der Waals surface area contributed by atoms with Gasteiger partial charge in [0.25, 0.3) is 0 Å². The van der Waals surface area contributed by atoms with Crippen molar-refractivity contribution in [3.63, 3.8) is 0 Å². The van der Waals surface area contributed by atoms with Gasteiger partial charge < -0.3 is 10.0 Å². The Bertz CT molecular complexity index is 387. The number of benzene rings is 1. The molecule has 1 N–H and O–H groups in total. The van der Waals surface area contributed by atoms with Crippen molar-refractivity contribution in [2.45, 2.75) is 6.54 Å². The minimum absolute atomic E-state index is 0.363. The van der Waals surface area contributed by atoms with Gasteiger partial charge in [-0.05, 0) is 31.8 Å². The topological polar surface area (TPSA) is 30.0 Å². The van der Waals surface area contributed by atoms with Crippen molar-refractivity contribution < 1.29 is 5.11 Å². The van der Waals surface area contributed by atoms with Gasteiger partial charge in [-0.25, -0.2) is 0 Å². The lowest BCUT2D eigenvalue weighted by Crippen LogP contribution is -2.47. The molecular weight excluding hydrogens is 238 g/mol. The van der Waals surface area contributed by atoms with Gasteiger partial charge in [-0.1, -0.05) is 12.1 Å². The normalized spacial score (nSPS) is 18.1. The second-order valence-electron chi connectivity index (χ2n) is 5.59. The van der Waals surface area contributed by atoms with Gasteiger partial charge in [-0.15, -0.1) is 0 Å². The standard InChI is InChI=1S/C15H25N3O/c1-16(2)6-7-17-8-10-18(11-9-17)13-14-4-3-5-15(19)12-14/h3-5,12,19H,6-11,13H2,1-2H3. The highest BCUT2D eigenvalue weighted by molar-refractivity contribution is 5.27. The van der Waals surface area contributed by atoms with E-state index in [0.717, 1.165) is 45.8 Å². The first kappa shape index (κ1) is 14.3. The molecule has 4 nitrogen and oxygen atoms in total. The number of nitrogens with zero attached hydrogens (tertiary/aromatic N) is 3. The van der Waals surface area contributed by atoms with Crippen molar-refractivity contribution in [1.82, 2.24) is 14.7 Å². The first-order valence-electron chi connectivity index (χ1n) is 7.01. The lowest BCUT2D eigenvalue weighted by Gasteiger charge is -2.35. The second-order valence-corrected chi connectivity index (χ2v) is 5.59. The fourth-order valence-electron chi connectivity index (χ4n) is 2.43. The third-order valence-electron chi connectivity index (χ3n) is 3.65. The van der Waals surface area contributed by atoms with E-state index in [1.807, 2.05) is 12.1 Å². The average Bonchev–Trinajstić information content (AvgIpc) is 2.38. The molecule has 0 aromatic heterocycles. The zero-order valence-electron chi connectivity index (χ0n) is 12.0. The predicted octanol–water partition coefficient (Wildman–Crippen LogP) is 1.07. The Kier molecular flexibility index (Phi) is 5.19. The molecule has 1 aliphatic rings. The third kappa shape index (κ3) is 4.82. The lowest BCUT2D eigenvalue weighted by atomic mass is 10.2. The minimum atomic E-state index is 0.363. The van der Waals surface area contributed by atoms with E-state index < -0.39 is 0 Å². The number of rotatable bonds is 5. The molecule has 0 amide bonds. The minimum Gasteiger partial charge on any atom is -0.508 e. The van der Waals surface area contributed by atoms with Crippen molar-refractivity contribution in [3.8, 4) is 5.75 Å². The van der Waals surface area contributed by atoms with E-state index in [1.165, 1.54) is 5.56 Å². The average molecular weight is 263 g/mol. The molecular formula is C15H25N3O. The zero-order chi connectivity index (χ0) is 13.7. The van der Waals surface area contributed by atoms with Crippen LogP contribution in [-0.4, -0.2) is 73.2 Å². The lowest BCUT2D eigenvalue weighted by molar-refractivity contribution is 0.120. The van der Waals surface area contributed by atoms with Gasteiger partial charge in [0.1, 0.15) is 5.75 Å². The molecule has 0 unspecified atom stereocenters. The number of hydrogen-bond acceptors (Lipinski definition) is 4. The first-order valence-corrected chi connectivity index (χ1v) is 7.01. The number of phenolic OH excluding ortho intramolecular Hbond substituents is 1. The Balaban J connectivity index is 1.74. The smallest absolute Gasteiger partial charge is 0.115 e. The van der Waals surface area contributed by atoms with Crippen LogP contribution < -0.4 is 0 Å². The van der Waals surface area contributed by atoms with Crippen LogP contribution in [0.15, 0.2) is 24.3 Å². The number of likely N-dealkylation sites (N-methyl/N-ethyl adjacent to an activating group) is 1. The van der Waals surface area contributed by atoms with Crippen LogP contribution >= 0.6 is 0 Å². The molecule has 4 heteroatoms. The maximum atomic E-state index is 9.48. The summed E-state index contributed by atoms with van der Waals surface area (Å²) >= 11 is 0. The highest BCUT2D eigenvalue weighted by Gasteiger charge is 2.16. The number of phenols is 1. The van der Waals surface area contributed by atoms with E-state index in [0.29, 0.717) is 5.75 Å². The van der Waals surface area contributed by atoms with Gasteiger partial charge in [-0.2, -0.15) is 0 Å². The molecule has 1 fully saturated rings. The molecule has 1 heterocycles. The second kappa shape index (κ2) is 6.89. The van der Waals surface area contributed by atoms with Crippen LogP contribution in [0, 0.1) is 0 Å². The van der Waals surface area contributed by atoms with Crippen LogP contribution in [0.2, 0.25) is 0 Å². The Morgan fingerprint density at radius 2 is 1.79 bits per heavy atom. The van der Waals surface area contributed by atoms with Crippen LogP contribution in [0.4, 0.5) is 0 Å². The summed E-state index contributed by atoms with van der Waals surface area (Å²) in [7, 11) is 4.25. The Morgan fingerprint density at radius 1 is 1.11 bits per heavy atom. The van der Waals surface area contributed by atoms with Gasteiger partial charge in [-0.3, -0.25) is 9.80 Å². The summed E-state index contributed by atoms with van der Waals surface area (Å²) in [4.78, 5) is 7.22. The molecule has 0 aliphatic carbocycles. The molecule has 0 spiro atoms. The highest BCUT2D eigenvalue weighted by Crippen LogP contribution is 2.14. The summed E-state index contributed by atoms with van der Waals surface area (Å²) in [6.07, 6.45) is 0. The monoisotopic (exact) mass is 263 g/mol. The summed E-state index contributed by atoms with van der Waals surface area (Å²) in [5, 5.41) is 9.48. The fourth-order valence-corrected chi connectivity index (χ4v) is 2.43. The van der Waals surface area contributed by atoms with E-state index in [9.17, 15) is 5.11 Å². The molecule has 0 saturated carbocycles. The van der Waals surface area contributed by atoms with Gasteiger partial charge in [0.2, 0.25) is 0 Å². The molecule has 1 aliphatic heterocycles. The van der Waals surface area contributed by atoms with Crippen LogP contribution in [-0.2, 0) is 6.54 Å². The van der Waals surface area contributed by atoms with Gasteiger partial charge >= 0.3 is 0 Å². The zero-order valence-corrected chi connectivity index (χ0v) is 12.0. The van der Waals surface area contributed by atoms with Crippen molar-refractivity contribution in [2.24, 2.45) is 0 Å². The molecule has 0 radical (unpaired) electrons. The van der Waals surface area contributed by atoms with Crippen molar-refractivity contribution in [1.29, 1.82) is 0 Å². The first-order chi connectivity index (χ1) is 9.13. The molecule has 106 valence electrons. The highest BCUT2D eigenvalue weighted by atomic mass is 16.3. The fraction of sp³-hybridized carbons (Fsp3) is 0.600. The molecule has 0 atom stereocenters. The van der Waals surface area contributed by atoms with Crippen molar-refractivity contribution in [3.05, 3.63) is 29.8 Å². The van der Waals surface area contributed by atoms with E-state index in [2.05, 4.69) is 34.9 Å². The number of hydrogen-bond donors (Lipinski definition) is 1. The Hall–Kier alpha value is -1.10. The molecule has 0 bridgehead atoms. The molecule has 19 heavy (non-hydrogen) atoms. The molecule has 1 aromatic rings. The van der Waals surface area contributed by atoms with E-state index in [-0.39, 0.29) is 0 Å². The van der Waals surface area contributed by atoms with Crippen molar-refractivity contribution in [2.75, 3.05) is 53.4 Å². The van der Waals surface area contributed by atoms with Gasteiger partial charge in [0.15, 0.2) is 0 Å². The van der Waals surface area contributed by atoms with E-state index >= 15 is 0 Å². The number of piperazine rings is 1. The van der Waals surface area contributed by atoms with E-state index in [4.69, 9.17) is 0 Å². The summed E-state index contributed by atoms with van der Waals surface area (Å²) in [5.41, 5.74) is 1.20. The summed E-state index contributed by atoms with van der Waals surface area (Å²) in [6.45, 7) is 7.75. The Labute approximate surface area is 116 Å². The maximum Gasteiger partial charge on any atom is 0.115 e. The molecule has 2 rings (SSSR count). The maximum absolute atomic E-state index is 9.48. The Morgan fingerprint density at radius 3 is 2.42 bits per heavy atom. The van der Waals surface area contributed by atoms with Crippen LogP contribution in [0.25, 0.3) is 0 Å². The quantitative estimate of drug-likeness (QED) is 0.861. The van der Waals surface area contributed by atoms with Crippen LogP contribution in [0.1, 0.15) is 5.56 Å². The van der Waals surface area contributed by atoms with Crippen LogP contribution in [0.3, 0.4) is 0 Å². The van der Waals surface area contributed by atoms with Crippen LogP contribution in [0.5, 0.6) is 5.75 Å². The largest absolute Gasteiger partial charge is 0.508 e. The number of aromatic hydroxyl groups is 1. The SMILES string of the molecule is CN(C)CCN1CCN(Cc2cccc(O)c2)CC1. The summed E-state index contributed by atoms with van der Waals surface area (Å²) < 4.78 is 0. The molecule has 1 saturated heterocycles. The van der Waals surface area contributed by atoms with Gasteiger partial charge in [0, 0.05) is 45.8 Å². The molecule has 1 aromatic carbocycles. The van der Waals surface area contributed by atoms with E-state index in [1.54, 1.807) is 6.07 Å². The summed E-state index contributed by atoms with van der Waals surface area (Å²) in [6, 6.07) is 7.58. The van der Waals surface area contributed by atoms with Crippen molar-refractivity contribution >= 4 is 0 Å². The third-order valence-corrected chi connectivity index (χ3v) is 3.65. The predicted molar refractivity (Wildman–Crippen MR) is 78.4 cm³/mol. The van der Waals surface area contributed by atoms with Gasteiger partial charge in [0.05, 0.1) is 0 Å². The summed E-state index contributed by atoms with van der Waals surface area (Å²) in [5.74, 6) is 0.363.